The summed E-state index contributed by atoms with van der Waals surface area (Å²) in [6.45, 7) is 4.55. The van der Waals surface area contributed by atoms with Crippen LogP contribution in [0.3, 0.4) is 0 Å². The van der Waals surface area contributed by atoms with Crippen molar-refractivity contribution < 1.29 is 19.4 Å². The molecule has 0 heterocycles. The van der Waals surface area contributed by atoms with Crippen LogP contribution >= 0.6 is 11.6 Å². The topological polar surface area (TPSA) is 87.7 Å². The maximum Gasteiger partial charge on any atom is 0.259 e. The Hall–Kier alpha value is -3.25. The molecular formula is C24H25ClN2O4. The van der Waals surface area contributed by atoms with Crippen molar-refractivity contribution in [2.24, 2.45) is 5.92 Å². The van der Waals surface area contributed by atoms with E-state index in [1.54, 1.807) is 12.1 Å². The first-order valence-electron chi connectivity index (χ1n) is 10.0. The molecule has 7 heteroatoms. The molecule has 1 unspecified atom stereocenters. The molecule has 31 heavy (non-hydrogen) atoms. The summed E-state index contributed by atoms with van der Waals surface area (Å²) in [6.07, 6.45) is 8.73. The molecule has 0 aromatic heterocycles. The summed E-state index contributed by atoms with van der Waals surface area (Å²) in [5, 5.41) is 15.6. The van der Waals surface area contributed by atoms with Gasteiger partial charge in [0.15, 0.2) is 5.75 Å². The lowest BCUT2D eigenvalue weighted by atomic mass is 9.97. The van der Waals surface area contributed by atoms with Crippen LogP contribution < -0.4 is 15.4 Å². The van der Waals surface area contributed by atoms with E-state index in [1.807, 2.05) is 13.0 Å². The first-order chi connectivity index (χ1) is 14.9. The normalized spacial score (nSPS) is 15.2. The van der Waals surface area contributed by atoms with E-state index >= 15 is 0 Å². The highest BCUT2D eigenvalue weighted by Gasteiger charge is 2.18. The van der Waals surface area contributed by atoms with E-state index in [9.17, 15) is 14.7 Å². The molecule has 3 N–H and O–H groups in total. The van der Waals surface area contributed by atoms with Crippen molar-refractivity contribution in [2.75, 3.05) is 17.2 Å². The van der Waals surface area contributed by atoms with E-state index in [2.05, 4.69) is 35.8 Å². The van der Waals surface area contributed by atoms with Gasteiger partial charge in [-0.3, -0.25) is 9.59 Å². The molecule has 0 radical (unpaired) electrons. The maximum atomic E-state index is 12.8. The highest BCUT2D eigenvalue weighted by molar-refractivity contribution is 6.31. The number of hydrogen-bond acceptors (Lipinski definition) is 4. The maximum absolute atomic E-state index is 12.8. The van der Waals surface area contributed by atoms with Gasteiger partial charge in [0.2, 0.25) is 6.41 Å². The molecule has 162 valence electrons. The number of rotatable bonds is 8. The number of carbonyl (C=O) groups excluding carboxylic acids is 2. The number of carbonyl (C=O) groups is 2. The van der Waals surface area contributed by atoms with Gasteiger partial charge in [-0.15, -0.1) is 0 Å². The summed E-state index contributed by atoms with van der Waals surface area (Å²) in [7, 11) is 0. The number of nitrogens with one attached hydrogen (secondary N) is 2. The van der Waals surface area contributed by atoms with Crippen LogP contribution in [0, 0.1) is 12.8 Å². The average molecular weight is 441 g/mol. The SMILES string of the molecule is Cc1ccc(OCCC2=CCC(C)C=C2)c(NC(=O)c2cc(Cl)cc(NC=O)c2O)c1. The Balaban J connectivity index is 1.74. The fourth-order valence-corrected chi connectivity index (χ4v) is 3.46. The van der Waals surface area contributed by atoms with Gasteiger partial charge < -0.3 is 20.5 Å². The molecule has 2 aromatic rings. The lowest BCUT2D eigenvalue weighted by Crippen LogP contribution is -2.14. The van der Waals surface area contributed by atoms with Gasteiger partial charge >= 0.3 is 0 Å². The van der Waals surface area contributed by atoms with Gasteiger partial charge in [0.25, 0.3) is 5.91 Å². The number of benzene rings is 2. The van der Waals surface area contributed by atoms with Crippen LogP contribution in [-0.4, -0.2) is 24.0 Å². The standard InChI is InChI=1S/C24H25ClN2O4/c1-15-3-6-17(7-4-15)9-10-31-22-8-5-16(2)11-20(22)27-24(30)19-12-18(25)13-21(23(19)29)26-14-28/h3,5-8,11-15,29H,4,9-10H2,1-2H3,(H,26,28)(H,27,30). The van der Waals surface area contributed by atoms with Crippen LogP contribution in [0.15, 0.2) is 54.1 Å². The second kappa shape index (κ2) is 10.2. The molecule has 0 spiro atoms. The molecule has 0 saturated carbocycles. The minimum Gasteiger partial charge on any atom is -0.505 e. The highest BCUT2D eigenvalue weighted by atomic mass is 35.5. The van der Waals surface area contributed by atoms with Gasteiger partial charge in [-0.05, 0) is 54.7 Å². The average Bonchev–Trinajstić information content (AvgIpc) is 2.73. The Morgan fingerprint density at radius 3 is 2.81 bits per heavy atom. The minimum absolute atomic E-state index is 0.0523. The van der Waals surface area contributed by atoms with Crippen LogP contribution in [0.1, 0.15) is 35.7 Å². The van der Waals surface area contributed by atoms with Gasteiger partial charge in [0, 0.05) is 11.4 Å². The fraction of sp³-hybridized carbons (Fsp3) is 0.250. The second-order valence-corrected chi connectivity index (χ2v) is 7.95. The number of amides is 2. The Morgan fingerprint density at radius 2 is 2.10 bits per heavy atom. The molecule has 1 aliphatic rings. The summed E-state index contributed by atoms with van der Waals surface area (Å²) in [5.74, 6) is 0.153. The number of aromatic hydroxyl groups is 1. The number of aryl methyl sites for hydroxylation is 1. The number of allylic oxidation sites excluding steroid dienone is 3. The molecule has 0 bridgehead atoms. The second-order valence-electron chi connectivity index (χ2n) is 7.52. The molecular weight excluding hydrogens is 416 g/mol. The van der Waals surface area contributed by atoms with Crippen molar-refractivity contribution in [1.29, 1.82) is 0 Å². The first kappa shape index (κ1) is 22.4. The molecule has 1 atom stereocenters. The number of anilines is 2. The van der Waals surface area contributed by atoms with Crippen LogP contribution in [0.25, 0.3) is 0 Å². The van der Waals surface area contributed by atoms with Crippen molar-refractivity contribution in [1.82, 2.24) is 0 Å². The molecule has 0 aliphatic heterocycles. The van der Waals surface area contributed by atoms with Gasteiger partial charge in [-0.25, -0.2) is 0 Å². The lowest BCUT2D eigenvalue weighted by molar-refractivity contribution is -0.105. The largest absolute Gasteiger partial charge is 0.505 e. The van der Waals surface area contributed by atoms with Crippen molar-refractivity contribution >= 4 is 35.3 Å². The van der Waals surface area contributed by atoms with Gasteiger partial charge in [-0.1, -0.05) is 42.8 Å². The van der Waals surface area contributed by atoms with Gasteiger partial charge in [0.05, 0.1) is 23.5 Å². The van der Waals surface area contributed by atoms with E-state index in [-0.39, 0.29) is 22.0 Å². The molecule has 2 amide bonds. The van der Waals surface area contributed by atoms with Crippen molar-refractivity contribution in [3.63, 3.8) is 0 Å². The number of ether oxygens (including phenoxy) is 1. The summed E-state index contributed by atoms with van der Waals surface area (Å²) in [5.41, 5.74) is 2.64. The minimum atomic E-state index is -0.573. The Labute approximate surface area is 186 Å². The van der Waals surface area contributed by atoms with E-state index < -0.39 is 5.91 Å². The smallest absolute Gasteiger partial charge is 0.259 e. The predicted molar refractivity (Wildman–Crippen MR) is 123 cm³/mol. The van der Waals surface area contributed by atoms with Gasteiger partial charge in [-0.2, -0.15) is 0 Å². The molecule has 6 nitrogen and oxygen atoms in total. The molecule has 0 fully saturated rings. The van der Waals surface area contributed by atoms with Gasteiger partial charge in [0.1, 0.15) is 5.75 Å². The molecule has 3 rings (SSSR count). The zero-order valence-electron chi connectivity index (χ0n) is 17.4. The van der Waals surface area contributed by atoms with Crippen molar-refractivity contribution in [3.05, 3.63) is 70.3 Å². The van der Waals surface area contributed by atoms with E-state index in [0.717, 1.165) is 18.4 Å². The third-order valence-corrected chi connectivity index (χ3v) is 5.17. The third-order valence-electron chi connectivity index (χ3n) is 4.96. The summed E-state index contributed by atoms with van der Waals surface area (Å²) in [4.78, 5) is 23.6. The predicted octanol–water partition coefficient (Wildman–Crippen LogP) is 5.47. The fourth-order valence-electron chi connectivity index (χ4n) is 3.24. The highest BCUT2D eigenvalue weighted by Crippen LogP contribution is 2.33. The number of hydrogen-bond donors (Lipinski definition) is 3. The van der Waals surface area contributed by atoms with Crippen molar-refractivity contribution in [3.8, 4) is 11.5 Å². The summed E-state index contributed by atoms with van der Waals surface area (Å²) >= 11 is 6.03. The Morgan fingerprint density at radius 1 is 1.29 bits per heavy atom. The third kappa shape index (κ3) is 5.89. The van der Waals surface area contributed by atoms with Crippen LogP contribution in [0.2, 0.25) is 5.02 Å². The Kier molecular flexibility index (Phi) is 7.36. The van der Waals surface area contributed by atoms with E-state index in [0.29, 0.717) is 30.4 Å². The number of halogens is 1. The van der Waals surface area contributed by atoms with E-state index in [4.69, 9.17) is 16.3 Å². The molecule has 1 aliphatic carbocycles. The monoisotopic (exact) mass is 440 g/mol. The first-order valence-corrected chi connectivity index (χ1v) is 10.4. The molecule has 0 saturated heterocycles. The zero-order valence-corrected chi connectivity index (χ0v) is 18.2. The van der Waals surface area contributed by atoms with E-state index in [1.165, 1.54) is 17.7 Å². The Bertz CT molecular complexity index is 1050. The van der Waals surface area contributed by atoms with Crippen molar-refractivity contribution in [2.45, 2.75) is 26.7 Å². The number of phenols is 1. The zero-order chi connectivity index (χ0) is 22.4. The molecule has 2 aromatic carbocycles. The quantitative estimate of drug-likeness (QED) is 0.375. The van der Waals surface area contributed by atoms with Crippen LogP contribution in [0.5, 0.6) is 11.5 Å². The lowest BCUT2D eigenvalue weighted by Gasteiger charge is -2.16. The van der Waals surface area contributed by atoms with Crippen LogP contribution in [0.4, 0.5) is 11.4 Å². The number of phenolic OH excluding ortho intramolecular Hbond substituents is 1. The summed E-state index contributed by atoms with van der Waals surface area (Å²) < 4.78 is 5.94. The van der Waals surface area contributed by atoms with Crippen LogP contribution in [-0.2, 0) is 4.79 Å². The summed E-state index contributed by atoms with van der Waals surface area (Å²) in [6, 6.07) is 8.19.